The largest absolute Gasteiger partial charge is 0.480 e. The van der Waals surface area contributed by atoms with Crippen LogP contribution in [0.15, 0.2) is 30.3 Å². The number of alkyl carbamates (subject to hydrolysis) is 1. The highest BCUT2D eigenvalue weighted by Crippen LogP contribution is 2.00. The number of nitrogens with one attached hydrogen (secondary N) is 1. The van der Waals surface area contributed by atoms with Gasteiger partial charge >= 0.3 is 18.0 Å². The molecule has 0 aliphatic rings. The number of hydrogen-bond donors (Lipinski definition) is 2. The maximum Gasteiger partial charge on any atom is 0.408 e. The van der Waals surface area contributed by atoms with Gasteiger partial charge in [-0.25, -0.2) is 4.79 Å². The van der Waals surface area contributed by atoms with Gasteiger partial charge in [0.2, 0.25) is 0 Å². The fourth-order valence-electron chi connectivity index (χ4n) is 1.21. The summed E-state index contributed by atoms with van der Waals surface area (Å²) in [7, 11) is 0. The molecule has 0 aliphatic heterocycles. The summed E-state index contributed by atoms with van der Waals surface area (Å²) in [5.74, 6) is -1.31. The van der Waals surface area contributed by atoms with Gasteiger partial charge in [0.15, 0.2) is 0 Å². The summed E-state index contributed by atoms with van der Waals surface area (Å²) in [6.07, 6.45) is -0.737. The summed E-state index contributed by atoms with van der Waals surface area (Å²) >= 11 is 0. The predicted octanol–water partition coefficient (Wildman–Crippen LogP) is 1.96. The van der Waals surface area contributed by atoms with Crippen LogP contribution in [-0.4, -0.2) is 35.8 Å². The van der Waals surface area contributed by atoms with Crippen LogP contribution in [0.1, 0.15) is 26.3 Å². The zero-order chi connectivity index (χ0) is 17.0. The summed E-state index contributed by atoms with van der Waals surface area (Å²) in [6, 6.07) is 8.19. The van der Waals surface area contributed by atoms with E-state index in [1.807, 2.05) is 30.3 Å². The minimum atomic E-state index is -1.10. The molecule has 122 valence electrons. The highest BCUT2D eigenvalue weighted by atomic mass is 16.5. The van der Waals surface area contributed by atoms with Crippen LogP contribution < -0.4 is 5.32 Å². The first-order valence-corrected chi connectivity index (χ1v) is 6.70. The SMILES string of the molecule is CCOC(C)=O.C[C@H](NC(=O)OCc1ccccc1)C(=O)O. The molecule has 1 rings (SSSR count). The van der Waals surface area contributed by atoms with Crippen LogP contribution in [0.5, 0.6) is 0 Å². The molecule has 0 fully saturated rings. The second-order valence-corrected chi connectivity index (χ2v) is 4.19. The molecule has 22 heavy (non-hydrogen) atoms. The molecule has 0 saturated heterocycles. The van der Waals surface area contributed by atoms with Crippen molar-refractivity contribution in [2.24, 2.45) is 0 Å². The molecule has 0 aliphatic carbocycles. The van der Waals surface area contributed by atoms with Crippen LogP contribution in [-0.2, 0) is 25.7 Å². The molecular weight excluding hydrogens is 290 g/mol. The molecule has 1 amide bonds. The van der Waals surface area contributed by atoms with Crippen molar-refractivity contribution in [3.8, 4) is 0 Å². The number of benzene rings is 1. The Kier molecular flexibility index (Phi) is 9.83. The summed E-state index contributed by atoms with van der Waals surface area (Å²) in [6.45, 7) is 5.14. The van der Waals surface area contributed by atoms with Gasteiger partial charge in [-0.15, -0.1) is 0 Å². The number of amides is 1. The predicted molar refractivity (Wildman–Crippen MR) is 79.2 cm³/mol. The second-order valence-electron chi connectivity index (χ2n) is 4.19. The Morgan fingerprint density at radius 3 is 2.18 bits per heavy atom. The highest BCUT2D eigenvalue weighted by molar-refractivity contribution is 5.79. The fourth-order valence-corrected chi connectivity index (χ4v) is 1.21. The normalized spacial score (nSPS) is 10.5. The van der Waals surface area contributed by atoms with E-state index in [9.17, 15) is 14.4 Å². The van der Waals surface area contributed by atoms with Gasteiger partial charge in [0, 0.05) is 6.92 Å². The van der Waals surface area contributed by atoms with Crippen molar-refractivity contribution in [3.05, 3.63) is 35.9 Å². The molecule has 0 saturated carbocycles. The standard InChI is InChI=1S/C11H13NO4.C4H8O2/c1-8(10(13)14)12-11(15)16-7-9-5-3-2-4-6-9;1-3-6-4(2)5/h2-6,8H,7H2,1H3,(H,12,15)(H,13,14);3H2,1-2H3/t8-;/m0./s1. The Morgan fingerprint density at radius 1 is 1.18 bits per heavy atom. The van der Waals surface area contributed by atoms with Crippen molar-refractivity contribution in [1.82, 2.24) is 5.32 Å². The zero-order valence-corrected chi connectivity index (χ0v) is 12.9. The lowest BCUT2D eigenvalue weighted by Crippen LogP contribution is -2.38. The minimum absolute atomic E-state index is 0.124. The molecule has 1 aromatic carbocycles. The molecule has 1 atom stereocenters. The van der Waals surface area contributed by atoms with E-state index in [1.54, 1.807) is 6.92 Å². The highest BCUT2D eigenvalue weighted by Gasteiger charge is 2.14. The van der Waals surface area contributed by atoms with Gasteiger partial charge < -0.3 is 19.9 Å². The number of ether oxygens (including phenoxy) is 2. The van der Waals surface area contributed by atoms with E-state index in [0.29, 0.717) is 6.61 Å². The Labute approximate surface area is 129 Å². The molecule has 0 aromatic heterocycles. The van der Waals surface area contributed by atoms with Crippen molar-refractivity contribution in [3.63, 3.8) is 0 Å². The maximum atomic E-state index is 11.1. The van der Waals surface area contributed by atoms with E-state index in [-0.39, 0.29) is 12.6 Å². The smallest absolute Gasteiger partial charge is 0.408 e. The Morgan fingerprint density at radius 2 is 1.77 bits per heavy atom. The average Bonchev–Trinajstić information content (AvgIpc) is 2.46. The third kappa shape index (κ3) is 10.2. The Hall–Kier alpha value is -2.57. The number of rotatable bonds is 5. The maximum absolute atomic E-state index is 11.1. The number of carbonyl (C=O) groups excluding carboxylic acids is 2. The van der Waals surface area contributed by atoms with Crippen molar-refractivity contribution < 1.29 is 29.0 Å². The van der Waals surface area contributed by atoms with Gasteiger partial charge in [0.1, 0.15) is 12.6 Å². The number of esters is 1. The van der Waals surface area contributed by atoms with Gasteiger partial charge in [-0.1, -0.05) is 30.3 Å². The number of aliphatic carboxylic acids is 1. The van der Waals surface area contributed by atoms with E-state index in [0.717, 1.165) is 5.56 Å². The molecular formula is C15H21NO6. The fraction of sp³-hybridized carbons (Fsp3) is 0.400. The number of hydrogen-bond acceptors (Lipinski definition) is 5. The van der Waals surface area contributed by atoms with E-state index in [4.69, 9.17) is 9.84 Å². The van der Waals surface area contributed by atoms with Crippen LogP contribution in [0.3, 0.4) is 0 Å². The minimum Gasteiger partial charge on any atom is -0.480 e. The average molecular weight is 311 g/mol. The summed E-state index contributed by atoms with van der Waals surface area (Å²) < 4.78 is 9.24. The number of carboxylic acids is 1. The first-order valence-electron chi connectivity index (χ1n) is 6.70. The van der Waals surface area contributed by atoms with E-state index >= 15 is 0 Å². The van der Waals surface area contributed by atoms with Crippen LogP contribution >= 0.6 is 0 Å². The van der Waals surface area contributed by atoms with Crippen molar-refractivity contribution >= 4 is 18.0 Å². The molecule has 7 nitrogen and oxygen atoms in total. The van der Waals surface area contributed by atoms with Gasteiger partial charge in [0.05, 0.1) is 6.61 Å². The number of carboxylic acid groups (broad SMARTS) is 1. The van der Waals surface area contributed by atoms with E-state index < -0.39 is 18.1 Å². The summed E-state index contributed by atoms with van der Waals surface area (Å²) in [5.41, 5.74) is 0.848. The van der Waals surface area contributed by atoms with Crippen molar-refractivity contribution in [2.45, 2.75) is 33.4 Å². The Balaban J connectivity index is 0.000000626. The molecule has 0 heterocycles. The van der Waals surface area contributed by atoms with Crippen LogP contribution in [0, 0.1) is 0 Å². The molecule has 0 spiro atoms. The summed E-state index contributed by atoms with van der Waals surface area (Å²) in [5, 5.41) is 10.7. The zero-order valence-electron chi connectivity index (χ0n) is 12.9. The lowest BCUT2D eigenvalue weighted by molar-refractivity contribution is -0.140. The molecule has 7 heteroatoms. The Bertz CT molecular complexity index is 474. The van der Waals surface area contributed by atoms with Gasteiger partial charge in [-0.2, -0.15) is 0 Å². The second kappa shape index (κ2) is 11.1. The van der Waals surface area contributed by atoms with E-state index in [2.05, 4.69) is 10.1 Å². The van der Waals surface area contributed by atoms with Crippen LogP contribution in [0.4, 0.5) is 4.79 Å². The van der Waals surface area contributed by atoms with Crippen molar-refractivity contribution in [1.29, 1.82) is 0 Å². The topological polar surface area (TPSA) is 102 Å². The lowest BCUT2D eigenvalue weighted by atomic mass is 10.2. The lowest BCUT2D eigenvalue weighted by Gasteiger charge is -2.09. The monoisotopic (exact) mass is 311 g/mol. The van der Waals surface area contributed by atoms with Crippen LogP contribution in [0.25, 0.3) is 0 Å². The van der Waals surface area contributed by atoms with E-state index in [1.165, 1.54) is 13.8 Å². The third-order valence-electron chi connectivity index (χ3n) is 2.27. The molecule has 1 aromatic rings. The molecule has 0 radical (unpaired) electrons. The third-order valence-corrected chi connectivity index (χ3v) is 2.27. The first-order chi connectivity index (χ1) is 10.4. The van der Waals surface area contributed by atoms with Gasteiger partial charge in [-0.3, -0.25) is 9.59 Å². The summed E-state index contributed by atoms with van der Waals surface area (Å²) in [4.78, 5) is 31.4. The van der Waals surface area contributed by atoms with Crippen molar-refractivity contribution in [2.75, 3.05) is 6.61 Å². The quantitative estimate of drug-likeness (QED) is 0.806. The number of carbonyl (C=O) groups is 3. The molecule has 2 N–H and O–H groups in total. The first kappa shape index (κ1) is 19.4. The van der Waals surface area contributed by atoms with Crippen LogP contribution in [0.2, 0.25) is 0 Å². The van der Waals surface area contributed by atoms with Gasteiger partial charge in [-0.05, 0) is 19.4 Å². The van der Waals surface area contributed by atoms with Gasteiger partial charge in [0.25, 0.3) is 0 Å². The molecule has 0 unspecified atom stereocenters. The molecule has 0 bridgehead atoms.